The number of pyridine rings is 1. The molecule has 3 rings (SSSR count). The quantitative estimate of drug-likeness (QED) is 0.653. The molecule has 6 nitrogen and oxygen atoms in total. The van der Waals surface area contributed by atoms with Crippen molar-refractivity contribution in [1.29, 1.82) is 0 Å². The Morgan fingerprint density at radius 3 is 2.67 bits per heavy atom. The minimum absolute atomic E-state index is 0.230. The van der Waals surface area contributed by atoms with Gasteiger partial charge in [-0.1, -0.05) is 12.5 Å². The van der Waals surface area contributed by atoms with E-state index in [2.05, 4.69) is 15.5 Å². The molecule has 0 amide bonds. The Labute approximate surface area is 146 Å². The number of hydrazone groups is 1. The number of hydrogen-bond donors (Lipinski definition) is 1. The lowest BCUT2D eigenvalue weighted by Crippen LogP contribution is -2.35. The molecule has 1 N–H and O–H groups in total. The van der Waals surface area contributed by atoms with E-state index in [1.165, 1.54) is 6.20 Å². The second-order valence-corrected chi connectivity index (χ2v) is 8.52. The fourth-order valence-corrected chi connectivity index (χ4v) is 4.67. The highest BCUT2D eigenvalue weighted by Gasteiger charge is 2.26. The summed E-state index contributed by atoms with van der Waals surface area (Å²) in [7, 11) is -3.44. The van der Waals surface area contributed by atoms with Crippen LogP contribution in [0, 0.1) is 0 Å². The summed E-state index contributed by atoms with van der Waals surface area (Å²) in [6.07, 6.45) is 4.32. The number of piperidine rings is 1. The minimum Gasteiger partial charge on any atom is -0.261 e. The molecule has 0 saturated carbocycles. The Morgan fingerprint density at radius 2 is 2.04 bits per heavy atom. The van der Waals surface area contributed by atoms with Crippen molar-refractivity contribution >= 4 is 32.9 Å². The van der Waals surface area contributed by atoms with Gasteiger partial charge in [-0.25, -0.2) is 13.4 Å². The van der Waals surface area contributed by atoms with Gasteiger partial charge >= 0.3 is 0 Å². The highest BCUT2D eigenvalue weighted by Crippen LogP contribution is 2.20. The number of nitrogens with one attached hydrogen (secondary N) is 1. The number of anilines is 1. The molecule has 128 valence electrons. The van der Waals surface area contributed by atoms with Crippen molar-refractivity contribution in [2.75, 3.05) is 18.5 Å². The maximum atomic E-state index is 12.6. The van der Waals surface area contributed by atoms with E-state index < -0.39 is 10.0 Å². The van der Waals surface area contributed by atoms with Crippen LogP contribution in [0.3, 0.4) is 0 Å². The number of sulfonamides is 1. The third-order valence-electron chi connectivity index (χ3n) is 3.91. The van der Waals surface area contributed by atoms with Gasteiger partial charge in [-0.05, 0) is 43.3 Å². The molecular formula is C16H20N4O2S2. The fourth-order valence-electron chi connectivity index (χ4n) is 2.53. The largest absolute Gasteiger partial charge is 0.261 e. The van der Waals surface area contributed by atoms with Crippen LogP contribution in [0.5, 0.6) is 0 Å². The number of nitrogens with zero attached hydrogens (tertiary/aromatic N) is 3. The predicted octanol–water partition coefficient (Wildman–Crippen LogP) is 3.15. The molecule has 8 heteroatoms. The molecule has 0 aromatic carbocycles. The Bertz CT molecular complexity index is 793. The molecule has 1 aliphatic rings. The number of rotatable bonds is 5. The zero-order chi connectivity index (χ0) is 17.0. The molecule has 0 spiro atoms. The molecule has 1 saturated heterocycles. The van der Waals surface area contributed by atoms with Gasteiger partial charge in [0.15, 0.2) is 0 Å². The number of thiophene rings is 1. The summed E-state index contributed by atoms with van der Waals surface area (Å²) in [5.74, 6) is 0.517. The van der Waals surface area contributed by atoms with Crippen LogP contribution >= 0.6 is 11.3 Å². The molecule has 0 atom stereocenters. The van der Waals surface area contributed by atoms with Crippen LogP contribution in [-0.4, -0.2) is 36.5 Å². The molecule has 3 heterocycles. The SMILES string of the molecule is C/C(=N/Nc1ccc(S(=O)(=O)N2CCCCC2)cn1)c1cccs1. The molecule has 0 unspecified atom stereocenters. The van der Waals surface area contributed by atoms with Gasteiger partial charge in [0.05, 0.1) is 5.71 Å². The van der Waals surface area contributed by atoms with Crippen molar-refractivity contribution in [2.45, 2.75) is 31.1 Å². The molecular weight excluding hydrogens is 344 g/mol. The number of hydrogen-bond acceptors (Lipinski definition) is 6. The van der Waals surface area contributed by atoms with E-state index in [0.29, 0.717) is 18.9 Å². The Hall–Kier alpha value is -1.77. The monoisotopic (exact) mass is 364 g/mol. The maximum Gasteiger partial charge on any atom is 0.244 e. The first-order valence-electron chi connectivity index (χ1n) is 7.88. The molecule has 2 aromatic rings. The Balaban J connectivity index is 1.70. The zero-order valence-electron chi connectivity index (χ0n) is 13.5. The van der Waals surface area contributed by atoms with Crippen LogP contribution in [0.25, 0.3) is 0 Å². The van der Waals surface area contributed by atoms with Gasteiger partial charge in [0.1, 0.15) is 10.7 Å². The van der Waals surface area contributed by atoms with Crippen LogP contribution in [0.15, 0.2) is 45.8 Å². The van der Waals surface area contributed by atoms with Crippen molar-refractivity contribution in [2.24, 2.45) is 5.10 Å². The summed E-state index contributed by atoms with van der Waals surface area (Å²) < 4.78 is 26.7. The summed E-state index contributed by atoms with van der Waals surface area (Å²) in [5, 5.41) is 6.27. The molecule has 1 fully saturated rings. The molecule has 24 heavy (non-hydrogen) atoms. The van der Waals surface area contributed by atoms with E-state index in [1.54, 1.807) is 27.8 Å². The lowest BCUT2D eigenvalue weighted by molar-refractivity contribution is 0.346. The summed E-state index contributed by atoms with van der Waals surface area (Å²) in [6.45, 7) is 3.09. The molecule has 0 aliphatic carbocycles. The fraction of sp³-hybridized carbons (Fsp3) is 0.375. The van der Waals surface area contributed by atoms with E-state index >= 15 is 0 Å². The van der Waals surface area contributed by atoms with Gasteiger partial charge in [-0.2, -0.15) is 9.41 Å². The van der Waals surface area contributed by atoms with Crippen molar-refractivity contribution < 1.29 is 8.42 Å². The van der Waals surface area contributed by atoms with E-state index in [-0.39, 0.29) is 4.90 Å². The van der Waals surface area contributed by atoms with Gasteiger partial charge in [0.2, 0.25) is 10.0 Å². The second kappa shape index (κ2) is 7.42. The van der Waals surface area contributed by atoms with Crippen LogP contribution in [-0.2, 0) is 10.0 Å². The summed E-state index contributed by atoms with van der Waals surface area (Å²) >= 11 is 1.61. The second-order valence-electron chi connectivity index (χ2n) is 5.63. The maximum absolute atomic E-state index is 12.6. The predicted molar refractivity (Wildman–Crippen MR) is 97.0 cm³/mol. The average molecular weight is 364 g/mol. The molecule has 0 bridgehead atoms. The Kier molecular flexibility index (Phi) is 5.27. The first-order valence-corrected chi connectivity index (χ1v) is 10.2. The van der Waals surface area contributed by atoms with Gasteiger partial charge in [0.25, 0.3) is 0 Å². The third-order valence-corrected chi connectivity index (χ3v) is 6.77. The average Bonchev–Trinajstić information content (AvgIpc) is 3.15. The van der Waals surface area contributed by atoms with Gasteiger partial charge < -0.3 is 0 Å². The van der Waals surface area contributed by atoms with E-state index in [0.717, 1.165) is 29.9 Å². The van der Waals surface area contributed by atoms with Crippen molar-refractivity contribution in [3.05, 3.63) is 40.7 Å². The van der Waals surface area contributed by atoms with Gasteiger partial charge in [-0.15, -0.1) is 11.3 Å². The van der Waals surface area contributed by atoms with E-state index in [9.17, 15) is 8.42 Å². The minimum atomic E-state index is -3.44. The standard InChI is InChI=1S/C16H20N4O2S2/c1-13(15-6-5-11-23-15)18-19-16-8-7-14(12-17-16)24(21,22)20-9-3-2-4-10-20/h5-8,11-12H,2-4,9-10H2,1H3,(H,17,19)/b18-13-. The molecule has 1 aliphatic heterocycles. The summed E-state index contributed by atoms with van der Waals surface area (Å²) in [6, 6.07) is 7.18. The van der Waals surface area contributed by atoms with E-state index in [4.69, 9.17) is 0 Å². The summed E-state index contributed by atoms with van der Waals surface area (Å²) in [5.41, 5.74) is 3.72. The Morgan fingerprint density at radius 1 is 1.25 bits per heavy atom. The van der Waals surface area contributed by atoms with Crippen LogP contribution in [0.1, 0.15) is 31.1 Å². The van der Waals surface area contributed by atoms with Crippen LogP contribution < -0.4 is 5.43 Å². The molecule has 2 aromatic heterocycles. The topological polar surface area (TPSA) is 74.7 Å². The van der Waals surface area contributed by atoms with Gasteiger partial charge in [0, 0.05) is 24.2 Å². The molecule has 0 radical (unpaired) electrons. The van der Waals surface area contributed by atoms with Crippen molar-refractivity contribution in [3.8, 4) is 0 Å². The zero-order valence-corrected chi connectivity index (χ0v) is 15.1. The van der Waals surface area contributed by atoms with Gasteiger partial charge in [-0.3, -0.25) is 5.43 Å². The van der Waals surface area contributed by atoms with E-state index in [1.807, 2.05) is 24.4 Å². The van der Waals surface area contributed by atoms with Crippen molar-refractivity contribution in [1.82, 2.24) is 9.29 Å². The highest BCUT2D eigenvalue weighted by atomic mass is 32.2. The highest BCUT2D eigenvalue weighted by molar-refractivity contribution is 7.89. The number of aromatic nitrogens is 1. The first-order chi connectivity index (χ1) is 11.6. The van der Waals surface area contributed by atoms with Crippen LogP contribution in [0.4, 0.5) is 5.82 Å². The lowest BCUT2D eigenvalue weighted by atomic mass is 10.2. The van der Waals surface area contributed by atoms with Crippen molar-refractivity contribution in [3.63, 3.8) is 0 Å². The third kappa shape index (κ3) is 3.82. The van der Waals surface area contributed by atoms with Crippen LogP contribution in [0.2, 0.25) is 0 Å². The normalized spacial score (nSPS) is 17.0. The lowest BCUT2D eigenvalue weighted by Gasteiger charge is -2.25. The summed E-state index contributed by atoms with van der Waals surface area (Å²) in [4.78, 5) is 5.48. The smallest absolute Gasteiger partial charge is 0.244 e. The first kappa shape index (κ1) is 17.1.